The molecule has 0 unspecified atom stereocenters. The normalized spacial score (nSPS) is 22.7. The van der Waals surface area contributed by atoms with E-state index in [0.29, 0.717) is 17.5 Å². The number of piperidine rings is 1. The molecule has 8 heteroatoms. The van der Waals surface area contributed by atoms with E-state index in [1.165, 1.54) is 0 Å². The lowest BCUT2D eigenvalue weighted by Gasteiger charge is -2.34. The molecule has 1 aliphatic heterocycles. The highest BCUT2D eigenvalue weighted by molar-refractivity contribution is 5.93. The number of aryl methyl sites for hydroxylation is 1. The van der Waals surface area contributed by atoms with Gasteiger partial charge in [-0.2, -0.15) is 4.98 Å². The first-order valence-corrected chi connectivity index (χ1v) is 8.92. The van der Waals surface area contributed by atoms with Gasteiger partial charge in [-0.1, -0.05) is 10.3 Å². The summed E-state index contributed by atoms with van der Waals surface area (Å²) >= 11 is 0. The van der Waals surface area contributed by atoms with E-state index in [4.69, 9.17) is 9.05 Å². The van der Waals surface area contributed by atoms with Crippen molar-refractivity contribution in [1.82, 2.24) is 20.2 Å². The summed E-state index contributed by atoms with van der Waals surface area (Å²) in [5.41, 5.74) is 0. The van der Waals surface area contributed by atoms with E-state index >= 15 is 0 Å². The Morgan fingerprint density at radius 2 is 2.12 bits per heavy atom. The minimum absolute atomic E-state index is 0.0827. The molecule has 0 spiro atoms. The third kappa shape index (κ3) is 3.58. The number of hydrogen-bond acceptors (Lipinski definition) is 7. The van der Waals surface area contributed by atoms with Crippen LogP contribution in [0, 0.1) is 6.92 Å². The second kappa shape index (κ2) is 6.59. The molecule has 4 rings (SSSR count). The summed E-state index contributed by atoms with van der Waals surface area (Å²) < 4.78 is 10.4. The molecule has 2 fully saturated rings. The van der Waals surface area contributed by atoms with Crippen LogP contribution in [0.2, 0.25) is 0 Å². The van der Waals surface area contributed by atoms with Crippen molar-refractivity contribution >= 4 is 11.7 Å². The van der Waals surface area contributed by atoms with Crippen LogP contribution in [0.15, 0.2) is 15.1 Å². The molecule has 0 radical (unpaired) electrons. The summed E-state index contributed by atoms with van der Waals surface area (Å²) in [6, 6.07) is 1.46. The average molecular weight is 345 g/mol. The molecule has 2 aromatic heterocycles. The van der Waals surface area contributed by atoms with Gasteiger partial charge in [0.2, 0.25) is 11.8 Å². The van der Waals surface area contributed by atoms with E-state index in [2.05, 4.69) is 25.5 Å². The van der Waals surface area contributed by atoms with Crippen LogP contribution >= 0.6 is 0 Å². The van der Waals surface area contributed by atoms with Gasteiger partial charge in [-0.3, -0.25) is 9.69 Å². The van der Waals surface area contributed by atoms with Gasteiger partial charge in [-0.25, -0.2) is 0 Å². The molecule has 134 valence electrons. The van der Waals surface area contributed by atoms with Crippen LogP contribution in [0.1, 0.15) is 61.9 Å². The van der Waals surface area contributed by atoms with Crippen molar-refractivity contribution in [2.24, 2.45) is 0 Å². The minimum Gasteiger partial charge on any atom is -0.360 e. The fourth-order valence-electron chi connectivity index (χ4n) is 3.30. The molecule has 25 heavy (non-hydrogen) atoms. The first kappa shape index (κ1) is 16.3. The maximum Gasteiger partial charge on any atom is 0.242 e. The monoisotopic (exact) mass is 345 g/mol. The summed E-state index contributed by atoms with van der Waals surface area (Å²) in [5, 5.41) is 10.8. The van der Waals surface area contributed by atoms with Crippen LogP contribution in [0.4, 0.5) is 5.82 Å². The Kier molecular flexibility index (Phi) is 4.29. The Morgan fingerprint density at radius 3 is 2.84 bits per heavy atom. The molecular formula is C17H23N5O3. The fraction of sp³-hybridized carbons (Fsp3) is 0.647. The first-order valence-electron chi connectivity index (χ1n) is 8.92. The highest BCUT2D eigenvalue weighted by atomic mass is 16.5. The van der Waals surface area contributed by atoms with E-state index in [0.717, 1.165) is 50.5 Å². The molecule has 1 amide bonds. The number of anilines is 1. The second-order valence-electron chi connectivity index (χ2n) is 7.09. The van der Waals surface area contributed by atoms with Crippen molar-refractivity contribution in [3.8, 4) is 0 Å². The van der Waals surface area contributed by atoms with Crippen molar-refractivity contribution in [2.75, 3.05) is 18.4 Å². The fourth-order valence-corrected chi connectivity index (χ4v) is 3.30. The summed E-state index contributed by atoms with van der Waals surface area (Å²) in [6.45, 7) is 5.35. The van der Waals surface area contributed by atoms with E-state index in [1.807, 2.05) is 6.92 Å². The van der Waals surface area contributed by atoms with Crippen LogP contribution in [0.3, 0.4) is 0 Å². The molecule has 0 bridgehead atoms. The van der Waals surface area contributed by atoms with Gasteiger partial charge in [-0.05, 0) is 46.1 Å². The lowest BCUT2D eigenvalue weighted by Crippen LogP contribution is -2.46. The largest absolute Gasteiger partial charge is 0.360 e. The maximum absolute atomic E-state index is 12.5. The quantitative estimate of drug-likeness (QED) is 0.889. The molecule has 2 atom stereocenters. The predicted octanol–water partition coefficient (Wildman–Crippen LogP) is 2.45. The summed E-state index contributed by atoms with van der Waals surface area (Å²) in [4.78, 5) is 19.2. The van der Waals surface area contributed by atoms with Crippen LogP contribution in [-0.2, 0) is 4.79 Å². The molecular weight excluding hydrogens is 322 g/mol. The molecule has 1 N–H and O–H groups in total. The number of likely N-dealkylation sites (tertiary alicyclic amines) is 1. The average Bonchev–Trinajstić information content (AvgIpc) is 3.21. The lowest BCUT2D eigenvalue weighted by atomic mass is 9.96. The van der Waals surface area contributed by atoms with Gasteiger partial charge in [0.1, 0.15) is 5.76 Å². The van der Waals surface area contributed by atoms with Crippen molar-refractivity contribution in [3.05, 3.63) is 23.5 Å². The summed E-state index contributed by atoms with van der Waals surface area (Å²) in [6.07, 6.45) is 4.34. The van der Waals surface area contributed by atoms with Gasteiger partial charge < -0.3 is 14.4 Å². The number of nitrogens with zero attached hydrogens (tertiary/aromatic N) is 4. The Labute approximate surface area is 145 Å². The van der Waals surface area contributed by atoms with Crippen molar-refractivity contribution < 1.29 is 13.8 Å². The third-order valence-corrected chi connectivity index (χ3v) is 5.01. The Bertz CT molecular complexity index is 751. The van der Waals surface area contributed by atoms with Gasteiger partial charge >= 0.3 is 0 Å². The van der Waals surface area contributed by atoms with E-state index in [9.17, 15) is 4.79 Å². The highest BCUT2D eigenvalue weighted by Crippen LogP contribution is 2.39. The lowest BCUT2D eigenvalue weighted by molar-refractivity contribution is -0.121. The highest BCUT2D eigenvalue weighted by Gasteiger charge is 2.33. The zero-order valence-electron chi connectivity index (χ0n) is 14.6. The zero-order chi connectivity index (χ0) is 17.4. The number of rotatable bonds is 5. The summed E-state index contributed by atoms with van der Waals surface area (Å²) in [5.74, 6) is 3.29. The number of amides is 1. The van der Waals surface area contributed by atoms with Gasteiger partial charge in [0.25, 0.3) is 0 Å². The predicted molar refractivity (Wildman–Crippen MR) is 89.2 cm³/mol. The number of nitrogens with one attached hydrogen (secondary N) is 1. The smallest absolute Gasteiger partial charge is 0.242 e. The topological polar surface area (TPSA) is 97.3 Å². The Hall–Kier alpha value is -2.22. The van der Waals surface area contributed by atoms with E-state index in [1.54, 1.807) is 13.0 Å². The SMILES string of the molecule is Cc1cc(NC(=O)[C@@H](C)N2CCC[C@H](c3noc(C4CC4)n3)C2)no1. The van der Waals surface area contributed by atoms with Crippen molar-refractivity contribution in [2.45, 2.75) is 57.4 Å². The maximum atomic E-state index is 12.5. The van der Waals surface area contributed by atoms with Crippen LogP contribution < -0.4 is 5.32 Å². The molecule has 3 heterocycles. The van der Waals surface area contributed by atoms with Crippen LogP contribution in [0.25, 0.3) is 0 Å². The van der Waals surface area contributed by atoms with Gasteiger partial charge in [0.15, 0.2) is 11.6 Å². The van der Waals surface area contributed by atoms with E-state index < -0.39 is 0 Å². The van der Waals surface area contributed by atoms with Gasteiger partial charge in [0, 0.05) is 24.4 Å². The first-order chi connectivity index (χ1) is 12.1. The van der Waals surface area contributed by atoms with Crippen molar-refractivity contribution in [1.29, 1.82) is 0 Å². The van der Waals surface area contributed by atoms with E-state index in [-0.39, 0.29) is 17.9 Å². The van der Waals surface area contributed by atoms with Gasteiger partial charge in [-0.15, -0.1) is 0 Å². The molecule has 0 aromatic carbocycles. The molecule has 2 aromatic rings. The minimum atomic E-state index is -0.255. The molecule has 1 saturated carbocycles. The standard InChI is InChI=1S/C17H23N5O3/c1-10-8-14(20-24-10)18-16(23)11(2)22-7-3-4-13(9-22)15-19-17(25-21-15)12-5-6-12/h8,11-13H,3-7,9H2,1-2H3,(H,18,20,23)/t11-,13+/m1/s1. The Morgan fingerprint density at radius 1 is 1.28 bits per heavy atom. The van der Waals surface area contributed by atoms with Crippen LogP contribution in [-0.4, -0.2) is 45.2 Å². The number of aromatic nitrogens is 3. The number of carbonyl (C=O) groups is 1. The molecule has 8 nitrogen and oxygen atoms in total. The zero-order valence-corrected chi connectivity index (χ0v) is 14.6. The summed E-state index contributed by atoms with van der Waals surface area (Å²) in [7, 11) is 0. The molecule has 1 aliphatic carbocycles. The Balaban J connectivity index is 1.38. The van der Waals surface area contributed by atoms with Crippen LogP contribution in [0.5, 0.6) is 0 Å². The second-order valence-corrected chi connectivity index (χ2v) is 7.09. The third-order valence-electron chi connectivity index (χ3n) is 5.01. The number of hydrogen-bond donors (Lipinski definition) is 1. The van der Waals surface area contributed by atoms with Gasteiger partial charge in [0.05, 0.1) is 6.04 Å². The number of carbonyl (C=O) groups excluding carboxylic acids is 1. The van der Waals surface area contributed by atoms with Crippen molar-refractivity contribution in [3.63, 3.8) is 0 Å². The molecule has 1 saturated heterocycles. The molecule has 2 aliphatic rings.